The summed E-state index contributed by atoms with van der Waals surface area (Å²) >= 11 is 3.59. The molecule has 4 rings (SSSR count). The number of rotatable bonds is 7. The highest BCUT2D eigenvalue weighted by atomic mass is 79.9. The fraction of sp³-hybridized carbons (Fsp3) is 0.0741. The number of benzene rings is 4. The van der Waals surface area contributed by atoms with Crippen LogP contribution in [0.15, 0.2) is 102 Å². The van der Waals surface area contributed by atoms with E-state index >= 15 is 0 Å². The van der Waals surface area contributed by atoms with Crippen molar-refractivity contribution in [2.24, 2.45) is 0 Å². The first kappa shape index (κ1) is 23.2. The number of amides is 2. The number of halogens is 1. The largest absolute Gasteiger partial charge is 0.453 e. The van der Waals surface area contributed by atoms with Gasteiger partial charge in [-0.05, 0) is 64.5 Å². The number of hydrogen-bond acceptors (Lipinski definition) is 4. The lowest BCUT2D eigenvalue weighted by Gasteiger charge is -2.20. The number of nitrogens with one attached hydrogen (secondary N) is 2. The summed E-state index contributed by atoms with van der Waals surface area (Å²) in [7, 11) is 3.89. The van der Waals surface area contributed by atoms with E-state index in [-0.39, 0.29) is 6.03 Å². The van der Waals surface area contributed by atoms with Crippen molar-refractivity contribution in [1.82, 2.24) is 0 Å². The monoisotopic (exact) mass is 517 g/mol. The lowest BCUT2D eigenvalue weighted by Crippen LogP contribution is -2.19. The average Bonchev–Trinajstić information content (AvgIpc) is 2.83. The van der Waals surface area contributed by atoms with Gasteiger partial charge in [-0.15, -0.1) is 0 Å². The normalized spacial score (nSPS) is 10.3. The number of carbonyl (C=O) groups is 1. The molecule has 0 bridgehead atoms. The molecule has 0 unspecified atom stereocenters. The number of nitrogens with zero attached hydrogens (tertiary/aromatic N) is 1. The molecular formula is C27H24BrN3O3. The second-order valence-electron chi connectivity index (χ2n) is 7.61. The summed E-state index contributed by atoms with van der Waals surface area (Å²) in [4.78, 5) is 14.5. The van der Waals surface area contributed by atoms with E-state index in [1.54, 1.807) is 18.2 Å². The van der Waals surface area contributed by atoms with Gasteiger partial charge in [0.25, 0.3) is 0 Å². The molecule has 4 aromatic carbocycles. The molecule has 0 atom stereocenters. The van der Waals surface area contributed by atoms with Crippen LogP contribution in [0.5, 0.6) is 23.0 Å². The minimum absolute atomic E-state index is 0.358. The minimum atomic E-state index is -0.358. The zero-order valence-corrected chi connectivity index (χ0v) is 20.4. The van der Waals surface area contributed by atoms with E-state index in [9.17, 15) is 4.79 Å². The summed E-state index contributed by atoms with van der Waals surface area (Å²) in [5.41, 5.74) is 2.15. The van der Waals surface area contributed by atoms with Crippen molar-refractivity contribution in [2.75, 3.05) is 29.6 Å². The minimum Gasteiger partial charge on any atom is -0.453 e. The van der Waals surface area contributed by atoms with Gasteiger partial charge in [-0.3, -0.25) is 0 Å². The Morgan fingerprint density at radius 3 is 2.12 bits per heavy atom. The molecule has 0 saturated heterocycles. The Kier molecular flexibility index (Phi) is 7.34. The smallest absolute Gasteiger partial charge is 0.323 e. The van der Waals surface area contributed by atoms with Crippen LogP contribution >= 0.6 is 15.9 Å². The molecule has 0 aliphatic rings. The second-order valence-corrected chi connectivity index (χ2v) is 8.46. The summed E-state index contributed by atoms with van der Waals surface area (Å²) < 4.78 is 13.3. The molecule has 0 fully saturated rings. The molecule has 172 valence electrons. The molecule has 0 aromatic heterocycles. The first-order valence-electron chi connectivity index (χ1n) is 10.6. The Labute approximate surface area is 207 Å². The van der Waals surface area contributed by atoms with E-state index in [4.69, 9.17) is 9.47 Å². The first-order valence-corrected chi connectivity index (χ1v) is 11.4. The fourth-order valence-corrected chi connectivity index (χ4v) is 3.68. The molecule has 0 saturated carbocycles. The number of carbonyl (C=O) groups excluding carboxylic acids is 1. The van der Waals surface area contributed by atoms with Gasteiger partial charge < -0.3 is 25.0 Å². The number of para-hydroxylation sites is 3. The zero-order valence-electron chi connectivity index (χ0n) is 18.8. The van der Waals surface area contributed by atoms with Crippen molar-refractivity contribution in [1.29, 1.82) is 0 Å². The molecular weight excluding hydrogens is 494 g/mol. The summed E-state index contributed by atoms with van der Waals surface area (Å²) in [5, 5.41) is 5.66. The molecule has 0 radical (unpaired) electrons. The van der Waals surface area contributed by atoms with Crippen LogP contribution in [0.4, 0.5) is 21.9 Å². The van der Waals surface area contributed by atoms with E-state index in [1.807, 2.05) is 97.9 Å². The van der Waals surface area contributed by atoms with Crippen LogP contribution in [0.25, 0.3) is 0 Å². The fourth-order valence-electron chi connectivity index (χ4n) is 3.24. The van der Waals surface area contributed by atoms with Crippen molar-refractivity contribution >= 4 is 39.0 Å². The van der Waals surface area contributed by atoms with Crippen LogP contribution < -0.4 is 25.0 Å². The molecule has 2 N–H and O–H groups in total. The Balaban J connectivity index is 1.65. The number of anilines is 3. The maximum atomic E-state index is 12.5. The van der Waals surface area contributed by atoms with Crippen molar-refractivity contribution in [3.63, 3.8) is 0 Å². The van der Waals surface area contributed by atoms with Crippen LogP contribution in [0.3, 0.4) is 0 Å². The number of ether oxygens (including phenoxy) is 2. The molecule has 2 amide bonds. The summed E-state index contributed by atoms with van der Waals surface area (Å²) in [5.74, 6) is 2.28. The number of hydrogen-bond donors (Lipinski definition) is 2. The average molecular weight is 518 g/mol. The highest BCUT2D eigenvalue weighted by Gasteiger charge is 2.16. The molecule has 0 heterocycles. The van der Waals surface area contributed by atoms with Crippen molar-refractivity contribution in [2.45, 2.75) is 0 Å². The molecule has 6 nitrogen and oxygen atoms in total. The zero-order chi connectivity index (χ0) is 23.9. The lowest BCUT2D eigenvalue weighted by atomic mass is 10.2. The van der Waals surface area contributed by atoms with Crippen molar-refractivity contribution in [3.8, 4) is 23.0 Å². The van der Waals surface area contributed by atoms with Gasteiger partial charge in [0, 0.05) is 31.5 Å². The van der Waals surface area contributed by atoms with Gasteiger partial charge in [0.05, 0.1) is 10.2 Å². The Morgan fingerprint density at radius 1 is 0.735 bits per heavy atom. The predicted octanol–water partition coefficient (Wildman–Crippen LogP) is 7.74. The van der Waals surface area contributed by atoms with E-state index < -0.39 is 0 Å². The first-order chi connectivity index (χ1) is 16.5. The summed E-state index contributed by atoms with van der Waals surface area (Å²) in [6.07, 6.45) is 0. The summed E-state index contributed by atoms with van der Waals surface area (Å²) in [6, 6.07) is 29.4. The third kappa shape index (κ3) is 5.88. The number of urea groups is 1. The highest BCUT2D eigenvalue weighted by Crippen LogP contribution is 2.43. The van der Waals surface area contributed by atoms with Gasteiger partial charge >= 0.3 is 6.03 Å². The highest BCUT2D eigenvalue weighted by molar-refractivity contribution is 9.10. The van der Waals surface area contributed by atoms with Gasteiger partial charge in [0.2, 0.25) is 0 Å². The van der Waals surface area contributed by atoms with E-state index in [0.29, 0.717) is 34.4 Å². The van der Waals surface area contributed by atoms with Gasteiger partial charge in [-0.2, -0.15) is 0 Å². The SMILES string of the molecule is CN(C)c1cccc(Br)c1Oc1cc(NC(=O)Nc2ccccc2)ccc1Oc1ccccc1. The standard InChI is InChI=1S/C27H24BrN3O3/c1-31(2)23-15-9-14-22(28)26(23)34-25-18-20(30-27(32)29-19-10-5-3-6-11-19)16-17-24(25)33-21-12-7-4-8-13-21/h3-18H,1-2H3,(H2,29,30,32). The van der Waals surface area contributed by atoms with Crippen LogP contribution in [0, 0.1) is 0 Å². The van der Waals surface area contributed by atoms with Crippen LogP contribution in [0.2, 0.25) is 0 Å². The topological polar surface area (TPSA) is 62.8 Å². The lowest BCUT2D eigenvalue weighted by molar-refractivity contribution is 0.262. The van der Waals surface area contributed by atoms with Crippen molar-refractivity contribution < 1.29 is 14.3 Å². The quantitative estimate of drug-likeness (QED) is 0.263. The van der Waals surface area contributed by atoms with Crippen LogP contribution in [-0.4, -0.2) is 20.1 Å². The van der Waals surface area contributed by atoms with E-state index in [2.05, 4.69) is 26.6 Å². The van der Waals surface area contributed by atoms with Gasteiger partial charge in [-0.1, -0.05) is 42.5 Å². The molecule has 34 heavy (non-hydrogen) atoms. The maximum Gasteiger partial charge on any atom is 0.323 e. The predicted molar refractivity (Wildman–Crippen MR) is 141 cm³/mol. The van der Waals surface area contributed by atoms with E-state index in [1.165, 1.54) is 0 Å². The third-order valence-corrected chi connectivity index (χ3v) is 5.47. The van der Waals surface area contributed by atoms with Gasteiger partial charge in [-0.25, -0.2) is 4.79 Å². The van der Waals surface area contributed by atoms with Crippen LogP contribution in [0.1, 0.15) is 0 Å². The van der Waals surface area contributed by atoms with Crippen LogP contribution in [-0.2, 0) is 0 Å². The third-order valence-electron chi connectivity index (χ3n) is 4.84. The van der Waals surface area contributed by atoms with Gasteiger partial charge in [0.15, 0.2) is 17.2 Å². The molecule has 7 heteroatoms. The summed E-state index contributed by atoms with van der Waals surface area (Å²) in [6.45, 7) is 0. The molecule has 0 aliphatic heterocycles. The molecule has 0 aliphatic carbocycles. The van der Waals surface area contributed by atoms with Crippen molar-refractivity contribution in [3.05, 3.63) is 102 Å². The molecule has 0 spiro atoms. The molecule has 4 aromatic rings. The Hall–Kier alpha value is -3.97. The second kappa shape index (κ2) is 10.8. The van der Waals surface area contributed by atoms with E-state index in [0.717, 1.165) is 10.2 Å². The maximum absolute atomic E-state index is 12.5. The van der Waals surface area contributed by atoms with Gasteiger partial charge in [0.1, 0.15) is 5.75 Å². The Bertz CT molecular complexity index is 1260. The Morgan fingerprint density at radius 2 is 1.41 bits per heavy atom.